The van der Waals surface area contributed by atoms with Gasteiger partial charge in [-0.1, -0.05) is 0 Å². The third kappa shape index (κ3) is 3.04. The van der Waals surface area contributed by atoms with E-state index >= 15 is 0 Å². The van der Waals surface area contributed by atoms with Gasteiger partial charge in [0.05, 0.1) is 17.8 Å². The second-order valence-corrected chi connectivity index (χ2v) is 3.88. The molecular weight excluding hydrogens is 230 g/mol. The zero-order valence-corrected chi connectivity index (χ0v) is 9.92. The zero-order chi connectivity index (χ0) is 13.0. The molecule has 2 heterocycles. The van der Waals surface area contributed by atoms with Crippen LogP contribution in [0, 0.1) is 6.92 Å². The fourth-order valence-corrected chi connectivity index (χ4v) is 1.56. The van der Waals surface area contributed by atoms with E-state index in [4.69, 9.17) is 5.11 Å². The van der Waals surface area contributed by atoms with Gasteiger partial charge in [-0.05, 0) is 31.2 Å². The van der Waals surface area contributed by atoms with E-state index in [0.29, 0.717) is 12.2 Å². The Bertz CT molecular complexity index is 570. The molecule has 5 heteroatoms. The molecule has 0 aliphatic rings. The fourth-order valence-electron chi connectivity index (χ4n) is 1.56. The molecule has 92 valence electrons. The summed E-state index contributed by atoms with van der Waals surface area (Å²) in [6.45, 7) is 2.39. The third-order valence-corrected chi connectivity index (χ3v) is 2.43. The first-order valence-electron chi connectivity index (χ1n) is 5.50. The number of carboxylic acid groups (broad SMARTS) is 1. The molecule has 0 aliphatic carbocycles. The lowest BCUT2D eigenvalue weighted by atomic mass is 10.2. The molecule has 0 unspecified atom stereocenters. The average Bonchev–Trinajstić information content (AvgIpc) is 2.37. The molecule has 18 heavy (non-hydrogen) atoms. The minimum Gasteiger partial charge on any atom is -0.478 e. The van der Waals surface area contributed by atoms with Crippen LogP contribution in [0.1, 0.15) is 21.7 Å². The lowest BCUT2D eigenvalue weighted by Crippen LogP contribution is -2.04. The summed E-state index contributed by atoms with van der Waals surface area (Å²) in [4.78, 5) is 19.0. The van der Waals surface area contributed by atoms with Crippen LogP contribution in [0.4, 0.5) is 5.69 Å². The first-order valence-corrected chi connectivity index (χ1v) is 5.50. The van der Waals surface area contributed by atoms with Crippen LogP contribution < -0.4 is 5.32 Å². The molecule has 0 amide bonds. The van der Waals surface area contributed by atoms with E-state index in [1.165, 1.54) is 12.3 Å². The molecule has 0 bridgehead atoms. The van der Waals surface area contributed by atoms with Gasteiger partial charge in [-0.2, -0.15) is 0 Å². The topological polar surface area (TPSA) is 75.1 Å². The second-order valence-electron chi connectivity index (χ2n) is 3.88. The number of pyridine rings is 2. The molecule has 0 saturated carbocycles. The largest absolute Gasteiger partial charge is 0.478 e. The van der Waals surface area contributed by atoms with Crippen molar-refractivity contribution >= 4 is 11.7 Å². The minimum absolute atomic E-state index is 0.243. The van der Waals surface area contributed by atoms with Crippen LogP contribution in [-0.2, 0) is 6.54 Å². The molecule has 0 radical (unpaired) electrons. The normalized spacial score (nSPS) is 10.1. The van der Waals surface area contributed by atoms with Gasteiger partial charge in [-0.3, -0.25) is 9.97 Å². The molecule has 2 N–H and O–H groups in total. The number of carboxylic acids is 1. The van der Waals surface area contributed by atoms with Crippen LogP contribution in [-0.4, -0.2) is 21.0 Å². The molecule has 0 saturated heterocycles. The van der Waals surface area contributed by atoms with Gasteiger partial charge in [0.1, 0.15) is 0 Å². The Morgan fingerprint density at radius 1 is 1.28 bits per heavy atom. The molecule has 0 atom stereocenters. The second kappa shape index (κ2) is 5.27. The summed E-state index contributed by atoms with van der Waals surface area (Å²) in [5.41, 5.74) is 2.79. The van der Waals surface area contributed by atoms with Gasteiger partial charge in [0.2, 0.25) is 0 Å². The summed E-state index contributed by atoms with van der Waals surface area (Å²) in [7, 11) is 0. The van der Waals surface area contributed by atoms with Crippen molar-refractivity contribution in [3.8, 4) is 0 Å². The van der Waals surface area contributed by atoms with Crippen LogP contribution in [0.3, 0.4) is 0 Å². The summed E-state index contributed by atoms with van der Waals surface area (Å²) in [5, 5.41) is 12.0. The van der Waals surface area contributed by atoms with Crippen LogP contribution >= 0.6 is 0 Å². The maximum Gasteiger partial charge on any atom is 0.335 e. The first kappa shape index (κ1) is 12.0. The van der Waals surface area contributed by atoms with E-state index in [0.717, 1.165) is 11.4 Å². The highest BCUT2D eigenvalue weighted by Crippen LogP contribution is 2.09. The summed E-state index contributed by atoms with van der Waals surface area (Å²) in [6, 6.07) is 6.81. The number of nitrogens with zero attached hydrogens (tertiary/aromatic N) is 2. The van der Waals surface area contributed by atoms with Gasteiger partial charge in [-0.25, -0.2) is 4.79 Å². The molecule has 0 spiro atoms. The molecule has 5 nitrogen and oxygen atoms in total. The summed E-state index contributed by atoms with van der Waals surface area (Å²) in [5.74, 6) is -0.946. The average molecular weight is 243 g/mol. The molecule has 0 aliphatic heterocycles. The smallest absolute Gasteiger partial charge is 0.335 e. The highest BCUT2D eigenvalue weighted by molar-refractivity contribution is 5.87. The quantitative estimate of drug-likeness (QED) is 0.860. The summed E-state index contributed by atoms with van der Waals surface area (Å²) >= 11 is 0. The van der Waals surface area contributed by atoms with Gasteiger partial charge in [0.15, 0.2) is 0 Å². The van der Waals surface area contributed by atoms with Crippen molar-refractivity contribution in [1.29, 1.82) is 0 Å². The number of carbonyl (C=O) groups is 1. The number of hydrogen-bond donors (Lipinski definition) is 2. The zero-order valence-electron chi connectivity index (χ0n) is 9.92. The highest BCUT2D eigenvalue weighted by Gasteiger charge is 2.04. The van der Waals surface area contributed by atoms with E-state index in [1.807, 2.05) is 19.1 Å². The molecule has 2 aromatic heterocycles. The minimum atomic E-state index is -0.946. The lowest BCUT2D eigenvalue weighted by Gasteiger charge is -2.06. The summed E-state index contributed by atoms with van der Waals surface area (Å²) < 4.78 is 0. The Balaban J connectivity index is 2.06. The van der Waals surface area contributed by atoms with E-state index in [9.17, 15) is 4.79 Å². The van der Waals surface area contributed by atoms with E-state index in [1.54, 1.807) is 12.3 Å². The van der Waals surface area contributed by atoms with E-state index in [2.05, 4.69) is 15.3 Å². The molecule has 0 aromatic carbocycles. The number of anilines is 1. The predicted molar refractivity (Wildman–Crippen MR) is 67.5 cm³/mol. The van der Waals surface area contributed by atoms with Crippen LogP contribution in [0.15, 0.2) is 36.7 Å². The van der Waals surface area contributed by atoms with Crippen molar-refractivity contribution in [3.05, 3.63) is 53.6 Å². The Labute approximate surface area is 105 Å². The number of hydrogen-bond acceptors (Lipinski definition) is 4. The maximum absolute atomic E-state index is 10.8. The Morgan fingerprint density at radius 2 is 2.06 bits per heavy atom. The number of nitrogens with one attached hydrogen (secondary N) is 1. The fraction of sp³-hybridized carbons (Fsp3) is 0.154. The van der Waals surface area contributed by atoms with Crippen LogP contribution in [0.2, 0.25) is 0 Å². The summed E-state index contributed by atoms with van der Waals surface area (Å²) in [6.07, 6.45) is 3.22. The van der Waals surface area contributed by atoms with Crippen molar-refractivity contribution < 1.29 is 9.90 Å². The van der Waals surface area contributed by atoms with Gasteiger partial charge < -0.3 is 10.4 Å². The number of aromatic nitrogens is 2. The van der Waals surface area contributed by atoms with Gasteiger partial charge in [0, 0.05) is 23.8 Å². The Hall–Kier alpha value is -2.43. The molecular formula is C13H13N3O2. The molecule has 0 fully saturated rings. The van der Waals surface area contributed by atoms with E-state index in [-0.39, 0.29) is 5.56 Å². The van der Waals surface area contributed by atoms with Crippen molar-refractivity contribution in [1.82, 2.24) is 9.97 Å². The first-order chi connectivity index (χ1) is 8.65. The number of aromatic carboxylic acids is 1. The van der Waals surface area contributed by atoms with Gasteiger partial charge in [0.25, 0.3) is 0 Å². The monoisotopic (exact) mass is 243 g/mol. The van der Waals surface area contributed by atoms with Crippen molar-refractivity contribution in [3.63, 3.8) is 0 Å². The van der Waals surface area contributed by atoms with E-state index < -0.39 is 5.97 Å². The lowest BCUT2D eigenvalue weighted by molar-refractivity contribution is 0.0696. The van der Waals surface area contributed by atoms with Gasteiger partial charge in [-0.15, -0.1) is 0 Å². The van der Waals surface area contributed by atoms with Crippen LogP contribution in [0.25, 0.3) is 0 Å². The number of aryl methyl sites for hydroxylation is 1. The molecule has 2 aromatic rings. The third-order valence-electron chi connectivity index (χ3n) is 2.43. The number of rotatable bonds is 4. The Morgan fingerprint density at radius 3 is 2.78 bits per heavy atom. The molecule has 2 rings (SSSR count). The standard InChI is InChI=1S/C13H13N3O2/c1-9-6-11(3-5-14-9)16-8-12-7-10(13(17)18)2-4-15-12/h2-7H,8H2,1H3,(H,14,16)(H,17,18). The maximum atomic E-state index is 10.8. The van der Waals surface area contributed by atoms with Crippen molar-refractivity contribution in [2.45, 2.75) is 13.5 Å². The SMILES string of the molecule is Cc1cc(NCc2cc(C(=O)O)ccn2)ccn1. The predicted octanol–water partition coefficient (Wildman–Crippen LogP) is 2.10. The highest BCUT2D eigenvalue weighted by atomic mass is 16.4. The Kier molecular flexibility index (Phi) is 3.52. The van der Waals surface area contributed by atoms with Crippen molar-refractivity contribution in [2.24, 2.45) is 0 Å². The van der Waals surface area contributed by atoms with Gasteiger partial charge >= 0.3 is 5.97 Å². The van der Waals surface area contributed by atoms with Crippen molar-refractivity contribution in [2.75, 3.05) is 5.32 Å². The van der Waals surface area contributed by atoms with Crippen LogP contribution in [0.5, 0.6) is 0 Å².